The first-order chi connectivity index (χ1) is 20.2. The second-order valence-electron chi connectivity index (χ2n) is 10.2. The van der Waals surface area contributed by atoms with Crippen LogP contribution in [0, 0.1) is 6.92 Å². The second-order valence-corrected chi connectivity index (χ2v) is 10.2. The van der Waals surface area contributed by atoms with Gasteiger partial charge in [-0.3, -0.25) is 9.69 Å². The van der Waals surface area contributed by atoms with E-state index in [4.69, 9.17) is 9.26 Å². The van der Waals surface area contributed by atoms with Gasteiger partial charge in [-0.25, -0.2) is 9.97 Å². The van der Waals surface area contributed by atoms with E-state index in [1.807, 2.05) is 11.8 Å². The monoisotopic (exact) mass is 580 g/mol. The largest absolute Gasteiger partial charge is 0.439 e. The number of hydrogen-bond donors (Lipinski definition) is 1. The second kappa shape index (κ2) is 12.7. The first-order valence-electron chi connectivity index (χ1n) is 13.6. The van der Waals surface area contributed by atoms with Crippen LogP contribution in [0.2, 0.25) is 0 Å². The highest BCUT2D eigenvalue weighted by Crippen LogP contribution is 2.34. The Morgan fingerprint density at radius 3 is 2.55 bits per heavy atom. The van der Waals surface area contributed by atoms with E-state index in [-0.39, 0.29) is 30.2 Å². The maximum absolute atomic E-state index is 14.0. The highest BCUT2D eigenvalue weighted by molar-refractivity contribution is 5.98. The molecule has 3 heterocycles. The molecule has 1 N–H and O–H groups in total. The molecule has 1 aliphatic heterocycles. The lowest BCUT2D eigenvalue weighted by Crippen LogP contribution is -2.45. The van der Waals surface area contributed by atoms with Crippen molar-refractivity contribution >= 4 is 17.3 Å². The van der Waals surface area contributed by atoms with Crippen molar-refractivity contribution in [2.75, 3.05) is 38.0 Å². The fourth-order valence-electron chi connectivity index (χ4n) is 4.80. The summed E-state index contributed by atoms with van der Waals surface area (Å²) < 4.78 is 52.9. The molecule has 220 valence electrons. The van der Waals surface area contributed by atoms with Crippen LogP contribution < -0.4 is 10.1 Å². The average Bonchev–Trinajstić information content (AvgIpc) is 3.48. The van der Waals surface area contributed by atoms with Crippen molar-refractivity contribution in [1.82, 2.24) is 24.9 Å². The van der Waals surface area contributed by atoms with Crippen molar-refractivity contribution in [2.45, 2.75) is 33.0 Å². The van der Waals surface area contributed by atoms with E-state index in [1.54, 1.807) is 30.3 Å². The third-order valence-corrected chi connectivity index (χ3v) is 7.22. The smallest absolute Gasteiger partial charge is 0.416 e. The first kappa shape index (κ1) is 29.2. The molecule has 5 rings (SSSR count). The molecule has 0 spiro atoms. The molecular weight excluding hydrogens is 549 g/mol. The molecule has 2 aromatic carbocycles. The fraction of sp³-hybridized carbons (Fsp3) is 0.333. The molecule has 2 aromatic heterocycles. The summed E-state index contributed by atoms with van der Waals surface area (Å²) in [5.41, 5.74) is 1.49. The summed E-state index contributed by atoms with van der Waals surface area (Å²) in [7, 11) is 0. The van der Waals surface area contributed by atoms with Crippen molar-refractivity contribution in [1.29, 1.82) is 0 Å². The Balaban J connectivity index is 1.29. The van der Waals surface area contributed by atoms with Gasteiger partial charge >= 0.3 is 6.18 Å². The molecule has 0 bridgehead atoms. The molecule has 4 aromatic rings. The van der Waals surface area contributed by atoms with E-state index in [9.17, 15) is 18.0 Å². The van der Waals surface area contributed by atoms with Gasteiger partial charge in [0.25, 0.3) is 0 Å². The lowest BCUT2D eigenvalue weighted by molar-refractivity contribution is -0.138. The number of alkyl halides is 3. The number of rotatable bonds is 10. The van der Waals surface area contributed by atoms with Crippen molar-refractivity contribution in [3.05, 3.63) is 89.1 Å². The van der Waals surface area contributed by atoms with Gasteiger partial charge in [-0.2, -0.15) is 13.2 Å². The zero-order valence-corrected chi connectivity index (χ0v) is 23.3. The molecule has 0 amide bonds. The number of carbonyl (C=O) groups excluding carboxylic acids is 1. The quantitative estimate of drug-likeness (QED) is 0.230. The van der Waals surface area contributed by atoms with Crippen molar-refractivity contribution in [3.63, 3.8) is 0 Å². The first-order valence-corrected chi connectivity index (χ1v) is 13.6. The predicted molar refractivity (Wildman–Crippen MR) is 150 cm³/mol. The van der Waals surface area contributed by atoms with Gasteiger partial charge < -0.3 is 19.5 Å². The van der Waals surface area contributed by atoms with Crippen LogP contribution in [-0.2, 0) is 19.1 Å². The van der Waals surface area contributed by atoms with Gasteiger partial charge in [-0.1, -0.05) is 36.3 Å². The molecule has 0 radical (unpaired) electrons. The molecule has 42 heavy (non-hydrogen) atoms. The lowest BCUT2D eigenvalue weighted by Gasteiger charge is -2.34. The number of aryl methyl sites for hydroxylation is 1. The molecule has 9 nitrogen and oxygen atoms in total. The molecule has 1 fully saturated rings. The molecule has 1 aliphatic rings. The van der Waals surface area contributed by atoms with Crippen LogP contribution >= 0.6 is 0 Å². The SMILES string of the molecule is CCN1CCN(Cc2ccc(CC(=O)c3ccc(C)c(Oc4cc(Nc5cnoc5)ncn4)c3)cc2C(F)(F)F)CC1. The standard InChI is InChI=1S/C30H31F3N6O3/c1-3-38-8-10-39(11-9-38)17-23-7-5-21(12-25(23)30(31,32)33)13-26(40)22-6-4-20(2)27(14-22)42-29-15-28(34-19-35-29)37-24-16-36-41-18-24/h4-7,12,14-16,18-19H,3,8-11,13,17H2,1-2H3,(H,34,35,37). The van der Waals surface area contributed by atoms with Crippen LogP contribution in [0.3, 0.4) is 0 Å². The molecule has 0 aliphatic carbocycles. The average molecular weight is 581 g/mol. The summed E-state index contributed by atoms with van der Waals surface area (Å²) in [6.07, 6.45) is -0.475. The number of nitrogens with zero attached hydrogens (tertiary/aromatic N) is 5. The maximum atomic E-state index is 14.0. The van der Waals surface area contributed by atoms with Crippen LogP contribution in [0.25, 0.3) is 0 Å². The minimum atomic E-state index is -4.52. The van der Waals surface area contributed by atoms with Crippen molar-refractivity contribution < 1.29 is 27.2 Å². The van der Waals surface area contributed by atoms with Gasteiger partial charge in [-0.05, 0) is 42.3 Å². The van der Waals surface area contributed by atoms with Gasteiger partial charge in [-0.15, -0.1) is 0 Å². The van der Waals surface area contributed by atoms with Gasteiger partial charge in [0.15, 0.2) is 5.78 Å². The number of hydrogen-bond acceptors (Lipinski definition) is 9. The molecule has 0 unspecified atom stereocenters. The van der Waals surface area contributed by atoms with E-state index in [0.717, 1.165) is 44.4 Å². The summed E-state index contributed by atoms with van der Waals surface area (Å²) in [6, 6.07) is 10.7. The lowest BCUT2D eigenvalue weighted by atomic mass is 9.97. The summed E-state index contributed by atoms with van der Waals surface area (Å²) in [5, 5.41) is 6.62. The van der Waals surface area contributed by atoms with Gasteiger partial charge in [0.05, 0.1) is 11.8 Å². The number of ketones is 1. The minimum Gasteiger partial charge on any atom is -0.439 e. The van der Waals surface area contributed by atoms with Crippen LogP contribution in [0.4, 0.5) is 24.7 Å². The molecule has 12 heteroatoms. The zero-order valence-electron chi connectivity index (χ0n) is 23.3. The number of ether oxygens (including phenoxy) is 1. The summed E-state index contributed by atoms with van der Waals surface area (Å²) in [4.78, 5) is 25.8. The Morgan fingerprint density at radius 2 is 1.83 bits per heavy atom. The molecule has 1 saturated heterocycles. The zero-order chi connectivity index (χ0) is 29.7. The Kier molecular flexibility index (Phi) is 8.83. The highest BCUT2D eigenvalue weighted by atomic mass is 19.4. The topological polar surface area (TPSA) is 96.6 Å². The van der Waals surface area contributed by atoms with E-state index in [1.165, 1.54) is 24.9 Å². The number of halogens is 3. The third-order valence-electron chi connectivity index (χ3n) is 7.22. The van der Waals surface area contributed by atoms with E-state index >= 15 is 0 Å². The number of carbonyl (C=O) groups is 1. The molecule has 0 saturated carbocycles. The van der Waals surface area contributed by atoms with Gasteiger partial charge in [0.2, 0.25) is 5.88 Å². The van der Waals surface area contributed by atoms with Crippen molar-refractivity contribution in [2.24, 2.45) is 0 Å². The van der Waals surface area contributed by atoms with Crippen LogP contribution in [0.5, 0.6) is 11.6 Å². The normalized spacial score (nSPS) is 14.6. The van der Waals surface area contributed by atoms with Crippen LogP contribution in [0.1, 0.15) is 39.5 Å². The third kappa shape index (κ3) is 7.31. The minimum absolute atomic E-state index is 0.179. The van der Waals surface area contributed by atoms with Gasteiger partial charge in [0.1, 0.15) is 29.8 Å². The number of aromatic nitrogens is 3. The van der Waals surface area contributed by atoms with Gasteiger partial charge in [0, 0.05) is 50.8 Å². The van der Waals surface area contributed by atoms with E-state index < -0.39 is 11.7 Å². The van der Waals surface area contributed by atoms with E-state index in [0.29, 0.717) is 28.4 Å². The summed E-state index contributed by atoms with van der Waals surface area (Å²) in [6.45, 7) is 8.17. The van der Waals surface area contributed by atoms with Crippen LogP contribution in [-0.4, -0.2) is 63.4 Å². The maximum Gasteiger partial charge on any atom is 0.416 e. The number of likely N-dealkylation sites (N-methyl/N-ethyl adjacent to an activating group) is 1. The summed E-state index contributed by atoms with van der Waals surface area (Å²) >= 11 is 0. The highest BCUT2D eigenvalue weighted by Gasteiger charge is 2.34. The number of nitrogens with one attached hydrogen (secondary N) is 1. The Morgan fingerprint density at radius 1 is 1.05 bits per heavy atom. The molecule has 0 atom stereocenters. The Bertz CT molecular complexity index is 1520. The predicted octanol–water partition coefficient (Wildman–Crippen LogP) is 5.89. The number of benzene rings is 2. The Hall–Kier alpha value is -4.29. The number of anilines is 2. The Labute approximate surface area is 241 Å². The van der Waals surface area contributed by atoms with Crippen molar-refractivity contribution in [3.8, 4) is 11.6 Å². The summed E-state index contributed by atoms with van der Waals surface area (Å²) in [5.74, 6) is 0.747. The number of Topliss-reactive ketones (excluding diaryl/α,β-unsaturated/α-hetero) is 1. The number of piperazine rings is 1. The van der Waals surface area contributed by atoms with Crippen LogP contribution in [0.15, 0.2) is 65.8 Å². The van der Waals surface area contributed by atoms with E-state index in [2.05, 4.69) is 32.3 Å². The fourth-order valence-corrected chi connectivity index (χ4v) is 4.80. The molecular formula is C30H31F3N6O3.